The SMILES string of the molecule is CCCCC/C=C/C/C=C/C/C=C/CCCCCCCCCCCC(=O)OC(COCCC(C(=O)[O-])[N+](C)(C)C)COC(=O)CCCCCCCCC/C=C/CCCCCCCCCCCCCC. The Balaban J connectivity index is 4.17. The van der Waals surface area contributed by atoms with Gasteiger partial charge < -0.3 is 28.6 Å². The highest BCUT2D eigenvalue weighted by molar-refractivity contribution is 5.70. The lowest BCUT2D eigenvalue weighted by molar-refractivity contribution is -0.889. The molecule has 402 valence electrons. The Morgan fingerprint density at radius 3 is 1.17 bits per heavy atom. The molecule has 8 heteroatoms. The summed E-state index contributed by atoms with van der Waals surface area (Å²) < 4.78 is 17.3. The van der Waals surface area contributed by atoms with E-state index in [1.807, 2.05) is 21.1 Å². The van der Waals surface area contributed by atoms with Crippen molar-refractivity contribution in [3.8, 4) is 0 Å². The third-order valence-corrected chi connectivity index (χ3v) is 13.2. The molecule has 0 rings (SSSR count). The van der Waals surface area contributed by atoms with Crippen molar-refractivity contribution >= 4 is 17.9 Å². The van der Waals surface area contributed by atoms with Crippen LogP contribution in [-0.4, -0.2) is 75.5 Å². The summed E-state index contributed by atoms with van der Waals surface area (Å²) in [4.78, 5) is 37.2. The molecular weight excluding hydrogens is 859 g/mol. The van der Waals surface area contributed by atoms with Crippen molar-refractivity contribution in [2.45, 2.75) is 283 Å². The molecule has 0 fully saturated rings. The standard InChI is InChI=1S/C61H111NO7/c1-6-8-10-12-14-16-18-20-22-24-26-28-30-32-33-35-37-39-41-43-45-47-49-51-59(63)68-56-57(55-67-54-53-58(61(65)66)62(3,4)5)69-60(64)52-50-48-46-44-42-40-38-36-34-31-29-27-25-23-21-19-17-15-13-11-9-7-2/h15,17,21,23,27,29,32-33,57-58H,6-14,16,18-20,22,24-26,28,30-31,34-56H2,1-5H3/b17-15+,23-21+,29-27+,33-32+. The van der Waals surface area contributed by atoms with Crippen LogP contribution in [0.3, 0.4) is 0 Å². The smallest absolute Gasteiger partial charge is 0.306 e. The summed E-state index contributed by atoms with van der Waals surface area (Å²) in [5.74, 6) is -1.74. The van der Waals surface area contributed by atoms with Crippen molar-refractivity contribution in [3.63, 3.8) is 0 Å². The summed E-state index contributed by atoms with van der Waals surface area (Å²) in [5, 5.41) is 11.7. The molecule has 0 aliphatic rings. The minimum Gasteiger partial charge on any atom is -0.544 e. The summed E-state index contributed by atoms with van der Waals surface area (Å²) in [6.45, 7) is 4.67. The van der Waals surface area contributed by atoms with Crippen LogP contribution in [0.25, 0.3) is 0 Å². The molecule has 69 heavy (non-hydrogen) atoms. The lowest BCUT2D eigenvalue weighted by atomic mass is 10.0. The maximum absolute atomic E-state index is 12.8. The fourth-order valence-corrected chi connectivity index (χ4v) is 8.66. The third-order valence-electron chi connectivity index (χ3n) is 13.2. The summed E-state index contributed by atoms with van der Waals surface area (Å²) in [7, 11) is 5.42. The largest absolute Gasteiger partial charge is 0.544 e. The molecule has 0 aromatic carbocycles. The summed E-state index contributed by atoms with van der Waals surface area (Å²) >= 11 is 0. The van der Waals surface area contributed by atoms with Gasteiger partial charge in [0.15, 0.2) is 6.10 Å². The molecule has 0 aliphatic heterocycles. The number of quaternary nitrogens is 1. The number of esters is 2. The molecule has 0 aliphatic carbocycles. The number of unbranched alkanes of at least 4 members (excludes halogenated alkanes) is 31. The Morgan fingerprint density at radius 2 is 0.768 bits per heavy atom. The van der Waals surface area contributed by atoms with Crippen molar-refractivity contribution < 1.29 is 38.2 Å². The molecule has 0 N–H and O–H groups in total. The highest BCUT2D eigenvalue weighted by Gasteiger charge is 2.25. The van der Waals surface area contributed by atoms with Crippen molar-refractivity contribution in [1.82, 2.24) is 0 Å². The summed E-state index contributed by atoms with van der Waals surface area (Å²) in [6, 6.07) is -0.729. The molecular formula is C61H111NO7. The van der Waals surface area contributed by atoms with Gasteiger partial charge in [-0.2, -0.15) is 0 Å². The zero-order valence-corrected chi connectivity index (χ0v) is 46.0. The highest BCUT2D eigenvalue weighted by Crippen LogP contribution is 2.16. The Morgan fingerprint density at radius 1 is 0.435 bits per heavy atom. The van der Waals surface area contributed by atoms with Gasteiger partial charge in [0, 0.05) is 19.3 Å². The van der Waals surface area contributed by atoms with Crippen molar-refractivity contribution in [1.29, 1.82) is 0 Å². The van der Waals surface area contributed by atoms with Crippen LogP contribution in [0.4, 0.5) is 0 Å². The average molecular weight is 971 g/mol. The summed E-state index contributed by atoms with van der Waals surface area (Å²) in [5.41, 5.74) is 0. The molecule has 0 aromatic rings. The van der Waals surface area contributed by atoms with Crippen LogP contribution in [0.15, 0.2) is 48.6 Å². The van der Waals surface area contributed by atoms with E-state index in [0.717, 1.165) is 57.8 Å². The molecule has 0 radical (unpaired) electrons. The maximum atomic E-state index is 12.8. The Hall–Kier alpha value is -2.71. The Labute approximate surface area is 426 Å². The monoisotopic (exact) mass is 970 g/mol. The predicted molar refractivity (Wildman–Crippen MR) is 291 cm³/mol. The third kappa shape index (κ3) is 50.0. The van der Waals surface area contributed by atoms with E-state index in [2.05, 4.69) is 62.5 Å². The number of likely N-dealkylation sites (N-methyl/N-ethyl adjacent to an activating group) is 1. The van der Waals surface area contributed by atoms with Crippen LogP contribution in [0, 0.1) is 0 Å². The first-order valence-electron chi connectivity index (χ1n) is 29.2. The van der Waals surface area contributed by atoms with Crippen molar-refractivity contribution in [2.75, 3.05) is 41.0 Å². The van der Waals surface area contributed by atoms with E-state index in [0.29, 0.717) is 12.8 Å². The van der Waals surface area contributed by atoms with Gasteiger partial charge >= 0.3 is 11.9 Å². The van der Waals surface area contributed by atoms with Gasteiger partial charge in [0.2, 0.25) is 0 Å². The van der Waals surface area contributed by atoms with E-state index in [9.17, 15) is 19.5 Å². The number of carbonyl (C=O) groups is 3. The normalized spacial score (nSPS) is 13.1. The quantitative estimate of drug-likeness (QED) is 0.0259. The number of aliphatic carboxylic acids is 1. The van der Waals surface area contributed by atoms with Gasteiger partial charge in [-0.3, -0.25) is 9.59 Å². The van der Waals surface area contributed by atoms with Gasteiger partial charge in [-0.05, 0) is 77.0 Å². The minimum absolute atomic E-state index is 0.0379. The first kappa shape index (κ1) is 66.3. The number of allylic oxidation sites excluding steroid dienone is 8. The van der Waals surface area contributed by atoms with Gasteiger partial charge in [-0.1, -0.05) is 223 Å². The predicted octanol–water partition coefficient (Wildman–Crippen LogP) is 16.2. The molecule has 0 aromatic heterocycles. The molecule has 0 saturated heterocycles. The van der Waals surface area contributed by atoms with E-state index in [1.54, 1.807) is 0 Å². The number of carboxylic acid groups (broad SMARTS) is 1. The molecule has 2 atom stereocenters. The number of rotatable bonds is 53. The van der Waals surface area contributed by atoms with Crippen LogP contribution < -0.4 is 5.11 Å². The van der Waals surface area contributed by atoms with Crippen LogP contribution in [0.2, 0.25) is 0 Å². The van der Waals surface area contributed by atoms with Crippen LogP contribution >= 0.6 is 0 Å². The van der Waals surface area contributed by atoms with Crippen LogP contribution in [-0.2, 0) is 28.6 Å². The van der Waals surface area contributed by atoms with Gasteiger partial charge in [-0.25, -0.2) is 0 Å². The fraction of sp³-hybridized carbons (Fsp3) is 0.820. The molecule has 0 amide bonds. The number of nitrogens with zero attached hydrogens (tertiary/aromatic N) is 1. The lowest BCUT2D eigenvalue weighted by Crippen LogP contribution is -2.55. The van der Waals surface area contributed by atoms with E-state index in [-0.39, 0.29) is 42.7 Å². The second-order valence-electron chi connectivity index (χ2n) is 20.9. The zero-order chi connectivity index (χ0) is 50.6. The second-order valence-corrected chi connectivity index (χ2v) is 20.9. The number of carboxylic acids is 1. The number of hydrogen-bond acceptors (Lipinski definition) is 7. The Bertz CT molecular complexity index is 1270. The first-order valence-corrected chi connectivity index (χ1v) is 29.2. The molecule has 0 bridgehead atoms. The zero-order valence-electron chi connectivity index (χ0n) is 46.0. The van der Waals surface area contributed by atoms with Gasteiger partial charge in [0.1, 0.15) is 12.6 Å². The van der Waals surface area contributed by atoms with Gasteiger partial charge in [0.25, 0.3) is 0 Å². The average Bonchev–Trinajstić information content (AvgIpc) is 3.31. The number of hydrogen-bond donors (Lipinski definition) is 0. The van der Waals surface area contributed by atoms with Crippen molar-refractivity contribution in [3.05, 3.63) is 48.6 Å². The second kappa shape index (κ2) is 51.6. The molecule has 0 spiro atoms. The number of carbonyl (C=O) groups excluding carboxylic acids is 3. The lowest BCUT2D eigenvalue weighted by Gasteiger charge is -2.34. The fourth-order valence-electron chi connectivity index (χ4n) is 8.66. The van der Waals surface area contributed by atoms with Crippen LogP contribution in [0.5, 0.6) is 0 Å². The molecule has 0 saturated carbocycles. The highest BCUT2D eigenvalue weighted by atomic mass is 16.6. The molecule has 2 unspecified atom stereocenters. The number of ether oxygens (including phenoxy) is 3. The maximum Gasteiger partial charge on any atom is 0.306 e. The van der Waals surface area contributed by atoms with E-state index in [4.69, 9.17) is 14.2 Å². The van der Waals surface area contributed by atoms with Crippen molar-refractivity contribution in [2.24, 2.45) is 0 Å². The summed E-state index contributed by atoms with van der Waals surface area (Å²) in [6.07, 6.45) is 64.4. The van der Waals surface area contributed by atoms with E-state index >= 15 is 0 Å². The Kier molecular flexibility index (Phi) is 49.6. The van der Waals surface area contributed by atoms with E-state index < -0.39 is 18.1 Å². The molecule has 0 heterocycles. The van der Waals surface area contributed by atoms with E-state index in [1.165, 1.54) is 180 Å². The molecule has 8 nitrogen and oxygen atoms in total. The first-order chi connectivity index (χ1) is 33.6. The minimum atomic E-state index is -1.12. The van der Waals surface area contributed by atoms with Gasteiger partial charge in [-0.15, -0.1) is 0 Å². The van der Waals surface area contributed by atoms with Crippen LogP contribution in [0.1, 0.15) is 271 Å². The topological polar surface area (TPSA) is 102 Å². The van der Waals surface area contributed by atoms with Gasteiger partial charge in [0.05, 0.1) is 40.3 Å².